The molecule has 0 aliphatic heterocycles. The van der Waals surface area contributed by atoms with Crippen LogP contribution in [0.2, 0.25) is 0 Å². The highest BCUT2D eigenvalue weighted by atomic mass is 16.4. The Labute approximate surface area is 149 Å². The number of aliphatic hydroxyl groups is 2. The zero-order chi connectivity index (χ0) is 20.3. The number of carboxylic acids is 2. The summed E-state index contributed by atoms with van der Waals surface area (Å²) in [7, 11) is 0. The lowest BCUT2D eigenvalue weighted by atomic mass is 10.2. The van der Waals surface area contributed by atoms with Gasteiger partial charge in [0, 0.05) is 12.1 Å². The van der Waals surface area contributed by atoms with Gasteiger partial charge in [-0.1, -0.05) is 0 Å². The molecule has 0 fully saturated rings. The highest BCUT2D eigenvalue weighted by Crippen LogP contribution is 1.89. The Hall–Kier alpha value is -3.82. The SMILES string of the molecule is Nc1cc[nH+]c(=O)[nH]1.Nc1cc[nH+]c(=O)[nH]1.O.O=C([O-])[C@H](O)[C@@H](O)C(=O)[O-]. The second-order valence-electron chi connectivity index (χ2n) is 4.30. The Morgan fingerprint density at radius 2 is 1.19 bits per heavy atom. The van der Waals surface area contributed by atoms with E-state index in [4.69, 9.17) is 21.7 Å². The number of H-pyrrole nitrogens is 4. The average molecular weight is 390 g/mol. The molecule has 2 aromatic heterocycles. The molecule has 0 saturated carbocycles. The molecule has 0 amide bonds. The Morgan fingerprint density at radius 3 is 1.33 bits per heavy atom. The van der Waals surface area contributed by atoms with E-state index in [-0.39, 0.29) is 16.9 Å². The van der Waals surface area contributed by atoms with Gasteiger partial charge in [-0.25, -0.2) is 9.97 Å². The third kappa shape index (κ3) is 11.4. The number of anilines is 2. The molecule has 0 spiro atoms. The van der Waals surface area contributed by atoms with E-state index in [9.17, 15) is 29.4 Å². The summed E-state index contributed by atoms with van der Waals surface area (Å²) in [6.07, 6.45) is -1.92. The molecule has 15 nitrogen and oxygen atoms in total. The van der Waals surface area contributed by atoms with E-state index in [0.29, 0.717) is 11.6 Å². The molecular weight excluding hydrogens is 372 g/mol. The number of rotatable bonds is 3. The van der Waals surface area contributed by atoms with Crippen molar-refractivity contribution in [3.63, 3.8) is 0 Å². The number of hydrogen-bond acceptors (Lipinski definition) is 10. The average Bonchev–Trinajstić information content (AvgIpc) is 2.54. The van der Waals surface area contributed by atoms with Gasteiger partial charge in [0.1, 0.15) is 12.2 Å². The number of aliphatic carboxylic acids is 2. The number of carboxylic acid groups (broad SMARTS) is 2. The van der Waals surface area contributed by atoms with E-state index in [0.717, 1.165) is 0 Å². The van der Waals surface area contributed by atoms with Crippen molar-refractivity contribution in [1.82, 2.24) is 9.97 Å². The molecule has 12 N–H and O–H groups in total. The largest absolute Gasteiger partial charge is 0.547 e. The number of nitrogens with one attached hydrogen (secondary N) is 4. The van der Waals surface area contributed by atoms with Crippen molar-refractivity contribution in [2.75, 3.05) is 11.5 Å². The minimum atomic E-state index is -2.44. The van der Waals surface area contributed by atoms with Gasteiger partial charge in [-0.05, 0) is 0 Å². The summed E-state index contributed by atoms with van der Waals surface area (Å²) >= 11 is 0. The molecule has 0 aliphatic rings. The molecule has 0 bridgehead atoms. The van der Waals surface area contributed by atoms with Gasteiger partial charge in [0.2, 0.25) is 0 Å². The van der Waals surface area contributed by atoms with Gasteiger partial charge in [-0.15, -0.1) is 0 Å². The Balaban J connectivity index is 0. The summed E-state index contributed by atoms with van der Waals surface area (Å²) in [4.78, 5) is 49.3. The van der Waals surface area contributed by atoms with E-state index in [1.807, 2.05) is 0 Å². The van der Waals surface area contributed by atoms with Crippen molar-refractivity contribution in [2.45, 2.75) is 12.2 Å². The van der Waals surface area contributed by atoms with Gasteiger partial charge in [-0.3, -0.25) is 0 Å². The molecule has 2 aromatic rings. The Morgan fingerprint density at radius 1 is 0.889 bits per heavy atom. The summed E-state index contributed by atoms with van der Waals surface area (Å²) < 4.78 is 0. The second kappa shape index (κ2) is 12.5. The van der Waals surface area contributed by atoms with Crippen LogP contribution in [0.15, 0.2) is 34.1 Å². The predicted octanol–water partition coefficient (Wildman–Crippen LogP) is -8.07. The van der Waals surface area contributed by atoms with Gasteiger partial charge in [-0.2, -0.15) is 19.6 Å². The maximum absolute atomic E-state index is 10.3. The van der Waals surface area contributed by atoms with Crippen molar-refractivity contribution < 1.29 is 45.5 Å². The fraction of sp³-hybridized carbons (Fsp3) is 0.167. The summed E-state index contributed by atoms with van der Waals surface area (Å²) in [5.41, 5.74) is 9.79. The first-order valence-corrected chi connectivity index (χ1v) is 6.55. The van der Waals surface area contributed by atoms with Gasteiger partial charge >= 0.3 is 11.4 Å². The first-order valence-electron chi connectivity index (χ1n) is 6.55. The van der Waals surface area contributed by atoms with Crippen LogP contribution in [0.4, 0.5) is 11.6 Å². The van der Waals surface area contributed by atoms with Gasteiger partial charge in [0.05, 0.1) is 24.3 Å². The van der Waals surface area contributed by atoms with Crippen molar-refractivity contribution in [3.8, 4) is 0 Å². The first kappa shape index (κ1) is 25.4. The molecule has 150 valence electrons. The van der Waals surface area contributed by atoms with E-state index >= 15 is 0 Å². The summed E-state index contributed by atoms with van der Waals surface area (Å²) in [5.74, 6) is -3.38. The first-order chi connectivity index (χ1) is 12.0. The predicted molar refractivity (Wildman–Crippen MR) is 81.7 cm³/mol. The zero-order valence-corrected chi connectivity index (χ0v) is 13.5. The van der Waals surface area contributed by atoms with Crippen molar-refractivity contribution in [1.29, 1.82) is 0 Å². The fourth-order valence-corrected chi connectivity index (χ4v) is 1.09. The smallest absolute Gasteiger partial charge is 0.495 e. The molecule has 0 aliphatic carbocycles. The molecule has 27 heavy (non-hydrogen) atoms. The number of nitrogens with two attached hydrogens (primary N) is 2. The Kier molecular flexibility index (Phi) is 11.8. The van der Waals surface area contributed by atoms with Crippen molar-refractivity contribution >= 4 is 23.6 Å². The van der Waals surface area contributed by atoms with Crippen molar-refractivity contribution in [2.24, 2.45) is 0 Å². The molecular formula is C12H18N6O9. The third-order valence-corrected chi connectivity index (χ3v) is 2.25. The standard InChI is InChI=1S/2C4H5N3O.C4H6O6.H2O/c2*5-3-1-2-6-4(8)7-3;5-1(3(7)8)2(6)4(9)10;/h2*1-2H,(H3,5,6,7,8);1-2,5-6H,(H,7,8)(H,9,10);1H2/t;;1-,2-;/m..1./s1. The lowest BCUT2D eigenvalue weighted by Gasteiger charge is -2.18. The van der Waals surface area contributed by atoms with Crippen LogP contribution >= 0.6 is 0 Å². The van der Waals surface area contributed by atoms with Crippen LogP contribution in [0.1, 0.15) is 0 Å². The minimum Gasteiger partial charge on any atom is -0.547 e. The number of carbonyl (C=O) groups is 2. The lowest BCUT2D eigenvalue weighted by Crippen LogP contribution is -2.51. The van der Waals surface area contributed by atoms with Crippen molar-refractivity contribution in [3.05, 3.63) is 45.5 Å². The topological polar surface area (TPSA) is 298 Å². The third-order valence-electron chi connectivity index (χ3n) is 2.25. The van der Waals surface area contributed by atoms with Crippen LogP contribution in [0, 0.1) is 0 Å². The number of aromatic nitrogens is 4. The van der Waals surface area contributed by atoms with Crippen LogP contribution in [0.5, 0.6) is 0 Å². The highest BCUT2D eigenvalue weighted by Gasteiger charge is 2.17. The number of aromatic amines is 4. The molecule has 2 rings (SSSR count). The number of hydrogen-bond donors (Lipinski definition) is 6. The van der Waals surface area contributed by atoms with Crippen LogP contribution in [0.3, 0.4) is 0 Å². The number of carbonyl (C=O) groups excluding carboxylic acids is 2. The number of nitrogen functional groups attached to an aromatic ring is 2. The quantitative estimate of drug-likeness (QED) is 0.287. The minimum absolute atomic E-state index is 0. The normalized spacial score (nSPS) is 11.2. The molecule has 0 aromatic carbocycles. The fourth-order valence-electron chi connectivity index (χ4n) is 1.09. The molecule has 0 saturated heterocycles. The monoisotopic (exact) mass is 390 g/mol. The Bertz CT molecular complexity index is 767. The van der Waals surface area contributed by atoms with E-state index in [1.165, 1.54) is 12.4 Å². The highest BCUT2D eigenvalue weighted by molar-refractivity contribution is 5.80. The van der Waals surface area contributed by atoms with Gasteiger partial charge in [0.15, 0.2) is 11.6 Å². The summed E-state index contributed by atoms with van der Waals surface area (Å²) in [6.45, 7) is 0. The molecule has 0 radical (unpaired) electrons. The van der Waals surface area contributed by atoms with E-state index < -0.39 is 24.1 Å². The zero-order valence-electron chi connectivity index (χ0n) is 13.5. The van der Waals surface area contributed by atoms with Crippen LogP contribution in [-0.4, -0.2) is 49.8 Å². The van der Waals surface area contributed by atoms with Gasteiger partial charge in [0.25, 0.3) is 0 Å². The maximum Gasteiger partial charge on any atom is 0.495 e. The summed E-state index contributed by atoms with van der Waals surface area (Å²) in [6, 6.07) is 3.14. The van der Waals surface area contributed by atoms with Gasteiger partial charge < -0.3 is 47.0 Å². The van der Waals surface area contributed by atoms with Crippen LogP contribution < -0.4 is 43.0 Å². The van der Waals surface area contributed by atoms with E-state index in [1.54, 1.807) is 12.1 Å². The lowest BCUT2D eigenvalue weighted by molar-refractivity contribution is -0.402. The second-order valence-corrected chi connectivity index (χ2v) is 4.30. The van der Waals surface area contributed by atoms with Crippen LogP contribution in [0.25, 0.3) is 0 Å². The number of aliphatic hydroxyl groups excluding tert-OH is 2. The van der Waals surface area contributed by atoms with Crippen LogP contribution in [-0.2, 0) is 9.59 Å². The summed E-state index contributed by atoms with van der Waals surface area (Å²) in [5, 5.41) is 35.7. The molecule has 15 heteroatoms. The molecule has 0 unspecified atom stereocenters. The molecule has 2 atom stereocenters. The maximum atomic E-state index is 10.3. The van der Waals surface area contributed by atoms with E-state index in [2.05, 4.69) is 19.9 Å². The molecule has 2 heterocycles.